The molecule has 0 spiro atoms. The van der Waals surface area contributed by atoms with Crippen LogP contribution in [0, 0.1) is 13.8 Å². The van der Waals surface area contributed by atoms with Gasteiger partial charge in [0.2, 0.25) is 0 Å². The van der Waals surface area contributed by atoms with Gasteiger partial charge in [-0.1, -0.05) is 62.7 Å². The van der Waals surface area contributed by atoms with Crippen LogP contribution in [0.25, 0.3) is 5.69 Å². The van der Waals surface area contributed by atoms with Crippen molar-refractivity contribution in [1.29, 1.82) is 0 Å². The fourth-order valence-electron chi connectivity index (χ4n) is 3.02. The van der Waals surface area contributed by atoms with Crippen molar-refractivity contribution in [1.82, 2.24) is 15.2 Å². The molecule has 1 N–H and O–H groups in total. The highest BCUT2D eigenvalue weighted by Crippen LogP contribution is 2.27. The van der Waals surface area contributed by atoms with E-state index < -0.39 is 0 Å². The summed E-state index contributed by atoms with van der Waals surface area (Å²) < 4.78 is 7.28. The Balaban J connectivity index is 1.60. The van der Waals surface area contributed by atoms with Crippen LogP contribution in [0.4, 0.5) is 0 Å². The van der Waals surface area contributed by atoms with Gasteiger partial charge < -0.3 is 4.74 Å². The van der Waals surface area contributed by atoms with Gasteiger partial charge in [-0.05, 0) is 48.6 Å². The van der Waals surface area contributed by atoms with E-state index in [0.29, 0.717) is 22.2 Å². The van der Waals surface area contributed by atoms with Gasteiger partial charge in [0, 0.05) is 0 Å². The fourth-order valence-corrected chi connectivity index (χ4v) is 3.34. The molecule has 0 aliphatic heterocycles. The van der Waals surface area contributed by atoms with E-state index in [2.05, 4.69) is 42.5 Å². The van der Waals surface area contributed by atoms with Crippen molar-refractivity contribution in [2.75, 3.05) is 6.61 Å². The topological polar surface area (TPSA) is 68.5 Å². The molecular weight excluding hydrogens is 412 g/mol. The lowest BCUT2D eigenvalue weighted by Crippen LogP contribution is -2.24. The van der Waals surface area contributed by atoms with Crippen molar-refractivity contribution in [3.05, 3.63) is 76.1 Å². The van der Waals surface area contributed by atoms with Gasteiger partial charge in [-0.15, -0.1) is 0 Å². The molecule has 162 valence electrons. The number of benzene rings is 2. The molecule has 0 saturated heterocycles. The maximum atomic E-state index is 12.1. The second kappa shape index (κ2) is 9.35. The summed E-state index contributed by atoms with van der Waals surface area (Å²) in [5.41, 5.74) is 6.92. The maximum absolute atomic E-state index is 12.1. The summed E-state index contributed by atoms with van der Waals surface area (Å²) in [5, 5.41) is 8.88. The standard InChI is InChI=1S/C24H27ClN4O2/c1-16-13-18(24(3,4)5)11-12-21(16)31-15-22(30)27-26-14-20-17(2)28-29(23(20)25)19-9-7-6-8-10-19/h6-14H,15H2,1-5H3,(H,27,30). The van der Waals surface area contributed by atoms with Gasteiger partial charge in [0.25, 0.3) is 5.91 Å². The Morgan fingerprint density at radius 2 is 1.90 bits per heavy atom. The molecule has 0 radical (unpaired) electrons. The molecular formula is C24H27ClN4O2. The number of amides is 1. The SMILES string of the molecule is Cc1cc(C(C)(C)C)ccc1OCC(=O)NN=Cc1c(C)nn(-c2ccccc2)c1Cl. The molecule has 1 heterocycles. The summed E-state index contributed by atoms with van der Waals surface area (Å²) >= 11 is 6.45. The molecule has 1 amide bonds. The lowest BCUT2D eigenvalue weighted by Gasteiger charge is -2.20. The van der Waals surface area contributed by atoms with Crippen LogP contribution in [0.5, 0.6) is 5.75 Å². The number of carbonyl (C=O) groups is 1. The Bertz CT molecular complexity index is 1100. The number of rotatable bonds is 6. The van der Waals surface area contributed by atoms with Crippen LogP contribution in [0.3, 0.4) is 0 Å². The molecule has 6 nitrogen and oxygen atoms in total. The minimum atomic E-state index is -0.361. The van der Waals surface area contributed by atoms with Crippen LogP contribution >= 0.6 is 11.6 Å². The fraction of sp³-hybridized carbons (Fsp3) is 0.292. The van der Waals surface area contributed by atoms with E-state index in [-0.39, 0.29) is 17.9 Å². The highest BCUT2D eigenvalue weighted by Gasteiger charge is 2.15. The average molecular weight is 439 g/mol. The van der Waals surface area contributed by atoms with Crippen molar-refractivity contribution in [2.24, 2.45) is 5.10 Å². The van der Waals surface area contributed by atoms with Crippen molar-refractivity contribution < 1.29 is 9.53 Å². The predicted molar refractivity (Wildman–Crippen MR) is 124 cm³/mol. The van der Waals surface area contributed by atoms with Gasteiger partial charge in [0.05, 0.1) is 23.2 Å². The first-order chi connectivity index (χ1) is 14.7. The number of nitrogens with one attached hydrogen (secondary N) is 1. The molecule has 3 rings (SSSR count). The quantitative estimate of drug-likeness (QED) is 0.436. The first-order valence-electron chi connectivity index (χ1n) is 10.0. The Labute approximate surface area is 187 Å². The number of aromatic nitrogens is 2. The average Bonchev–Trinajstić information content (AvgIpc) is 3.01. The highest BCUT2D eigenvalue weighted by atomic mass is 35.5. The molecule has 7 heteroatoms. The molecule has 31 heavy (non-hydrogen) atoms. The van der Waals surface area contributed by atoms with Gasteiger partial charge in [-0.3, -0.25) is 4.79 Å². The number of ether oxygens (including phenoxy) is 1. The number of hydrogen-bond acceptors (Lipinski definition) is 4. The number of para-hydroxylation sites is 1. The van der Waals surface area contributed by atoms with Crippen molar-refractivity contribution in [3.63, 3.8) is 0 Å². The molecule has 0 aliphatic carbocycles. The van der Waals surface area contributed by atoms with Crippen LogP contribution in [0.15, 0.2) is 53.6 Å². The van der Waals surface area contributed by atoms with E-state index in [1.165, 1.54) is 11.8 Å². The summed E-state index contributed by atoms with van der Waals surface area (Å²) in [6.45, 7) is 10.1. The Morgan fingerprint density at radius 1 is 1.19 bits per heavy atom. The number of hydrazone groups is 1. The Morgan fingerprint density at radius 3 is 2.55 bits per heavy atom. The van der Waals surface area contributed by atoms with Gasteiger partial charge in [0.1, 0.15) is 10.9 Å². The third-order valence-corrected chi connectivity index (χ3v) is 5.20. The van der Waals surface area contributed by atoms with E-state index in [1.54, 1.807) is 4.68 Å². The van der Waals surface area contributed by atoms with Crippen LogP contribution in [-0.4, -0.2) is 28.5 Å². The lowest BCUT2D eigenvalue weighted by atomic mass is 9.86. The molecule has 0 bridgehead atoms. The van der Waals surface area contributed by atoms with Crippen molar-refractivity contribution >= 4 is 23.7 Å². The van der Waals surface area contributed by atoms with Gasteiger partial charge in [-0.25, -0.2) is 10.1 Å². The van der Waals surface area contributed by atoms with Crippen molar-refractivity contribution in [3.8, 4) is 11.4 Å². The zero-order chi connectivity index (χ0) is 22.6. The Hall–Kier alpha value is -3.12. The van der Waals surface area contributed by atoms with Crippen LogP contribution < -0.4 is 10.2 Å². The third kappa shape index (κ3) is 5.52. The summed E-state index contributed by atoms with van der Waals surface area (Å²) in [6.07, 6.45) is 1.49. The second-order valence-electron chi connectivity index (χ2n) is 8.35. The normalized spacial score (nSPS) is 11.7. The molecule has 3 aromatic rings. The number of halogens is 1. The minimum Gasteiger partial charge on any atom is -0.483 e. The molecule has 0 fully saturated rings. The van der Waals surface area contributed by atoms with Gasteiger partial charge in [-0.2, -0.15) is 10.2 Å². The van der Waals surface area contributed by atoms with Crippen LogP contribution in [0.1, 0.15) is 43.2 Å². The summed E-state index contributed by atoms with van der Waals surface area (Å²) in [6, 6.07) is 15.6. The first-order valence-corrected chi connectivity index (χ1v) is 10.4. The summed E-state index contributed by atoms with van der Waals surface area (Å²) in [4.78, 5) is 12.1. The summed E-state index contributed by atoms with van der Waals surface area (Å²) in [7, 11) is 0. The number of carbonyl (C=O) groups excluding carboxylic acids is 1. The Kier molecular flexibility index (Phi) is 6.81. The molecule has 0 atom stereocenters. The maximum Gasteiger partial charge on any atom is 0.277 e. The summed E-state index contributed by atoms with van der Waals surface area (Å²) in [5.74, 6) is 0.315. The number of nitrogens with zero attached hydrogens (tertiary/aromatic N) is 3. The largest absolute Gasteiger partial charge is 0.483 e. The van der Waals surface area contributed by atoms with E-state index in [4.69, 9.17) is 16.3 Å². The van der Waals surface area contributed by atoms with E-state index in [1.807, 2.05) is 56.3 Å². The first kappa shape index (κ1) is 22.6. The molecule has 2 aromatic carbocycles. The smallest absolute Gasteiger partial charge is 0.277 e. The predicted octanol–water partition coefficient (Wildman–Crippen LogP) is 4.97. The van der Waals surface area contributed by atoms with Crippen LogP contribution in [-0.2, 0) is 10.2 Å². The van der Waals surface area contributed by atoms with E-state index in [0.717, 1.165) is 11.3 Å². The monoisotopic (exact) mass is 438 g/mol. The third-order valence-electron chi connectivity index (χ3n) is 4.83. The highest BCUT2D eigenvalue weighted by molar-refractivity contribution is 6.32. The minimum absolute atomic E-state index is 0.0586. The zero-order valence-corrected chi connectivity index (χ0v) is 19.2. The van der Waals surface area contributed by atoms with E-state index >= 15 is 0 Å². The number of hydrogen-bond donors (Lipinski definition) is 1. The van der Waals surface area contributed by atoms with Crippen molar-refractivity contribution in [2.45, 2.75) is 40.0 Å². The van der Waals surface area contributed by atoms with E-state index in [9.17, 15) is 4.79 Å². The molecule has 0 saturated carbocycles. The lowest BCUT2D eigenvalue weighted by molar-refractivity contribution is -0.123. The van der Waals surface area contributed by atoms with Crippen LogP contribution in [0.2, 0.25) is 5.15 Å². The molecule has 0 unspecified atom stereocenters. The second-order valence-corrected chi connectivity index (χ2v) is 8.71. The molecule has 0 aliphatic rings. The van der Waals surface area contributed by atoms with Gasteiger partial charge >= 0.3 is 0 Å². The van der Waals surface area contributed by atoms with Gasteiger partial charge in [0.15, 0.2) is 6.61 Å². The number of aryl methyl sites for hydroxylation is 2. The molecule has 1 aromatic heterocycles. The zero-order valence-electron chi connectivity index (χ0n) is 18.4.